The summed E-state index contributed by atoms with van der Waals surface area (Å²) in [6.45, 7) is -0.250. The van der Waals surface area contributed by atoms with E-state index in [0.717, 1.165) is 0 Å². The average Bonchev–Trinajstić information content (AvgIpc) is 2.22. The molecule has 0 aromatic heterocycles. The van der Waals surface area contributed by atoms with E-state index in [1.165, 1.54) is 0 Å². The highest BCUT2D eigenvalue weighted by Gasteiger charge is 1.58. The number of aliphatic hydroxyl groups is 2. The molecule has 0 heterocycles. The molecule has 1 aromatic carbocycles. The van der Waals surface area contributed by atoms with Crippen molar-refractivity contribution in [3.05, 3.63) is 36.4 Å². The van der Waals surface area contributed by atoms with Gasteiger partial charge in [-0.15, -0.1) is 0 Å². The van der Waals surface area contributed by atoms with Crippen LogP contribution in [-0.4, -0.2) is 37.6 Å². The van der Waals surface area contributed by atoms with Gasteiger partial charge in [0, 0.05) is 14.2 Å². The van der Waals surface area contributed by atoms with E-state index in [4.69, 9.17) is 10.2 Å². The molecule has 3 heteroatoms. The first kappa shape index (κ1) is 14.6. The van der Waals surface area contributed by atoms with Gasteiger partial charge in [0.2, 0.25) is 0 Å². The summed E-state index contributed by atoms with van der Waals surface area (Å²) in [7, 11) is 3.25. The van der Waals surface area contributed by atoms with E-state index in [-0.39, 0.29) is 13.2 Å². The topological polar surface area (TPSA) is 49.7 Å². The van der Waals surface area contributed by atoms with Crippen molar-refractivity contribution in [2.24, 2.45) is 0 Å². The summed E-state index contributed by atoms with van der Waals surface area (Å²) in [6, 6.07) is 12.0. The molecule has 0 saturated carbocycles. The Morgan fingerprint density at radius 2 is 0.923 bits per heavy atom. The van der Waals surface area contributed by atoms with Crippen LogP contribution >= 0.6 is 0 Å². The molecule has 0 aliphatic carbocycles. The summed E-state index contributed by atoms with van der Waals surface area (Å²) in [5, 5.41) is 15.2. The van der Waals surface area contributed by atoms with E-state index in [1.807, 2.05) is 36.4 Å². The number of methoxy groups -OCH3 is 1. The molecule has 76 valence electrons. The number of aliphatic hydroxyl groups excluding tert-OH is 2. The second-order valence-electron chi connectivity index (χ2n) is 2.01. The van der Waals surface area contributed by atoms with Crippen LogP contribution in [0.2, 0.25) is 0 Å². The Bertz CT molecular complexity index is 113. The average molecular weight is 186 g/mol. The van der Waals surface area contributed by atoms with E-state index < -0.39 is 0 Å². The standard InChI is InChI=1S/C6H6.C2H6O2.C2H6O/c1-2-4-6-5-3-1;3-1-2-4;1-3-2/h1-6H;3-4H,1-2H2;1-2H3. The van der Waals surface area contributed by atoms with E-state index >= 15 is 0 Å². The Balaban J connectivity index is 0. The molecule has 2 N–H and O–H groups in total. The zero-order valence-electron chi connectivity index (χ0n) is 8.18. The largest absolute Gasteiger partial charge is 0.394 e. The molecule has 0 fully saturated rings. The molecule has 1 aromatic rings. The maximum atomic E-state index is 7.62. The normalized spacial score (nSPS) is 7.38. The molecule has 0 unspecified atom stereocenters. The molecule has 3 nitrogen and oxygen atoms in total. The summed E-state index contributed by atoms with van der Waals surface area (Å²) in [4.78, 5) is 0. The SMILES string of the molecule is COC.OCCO.c1ccccc1. The van der Waals surface area contributed by atoms with Gasteiger partial charge in [0.05, 0.1) is 13.2 Å². The van der Waals surface area contributed by atoms with Crippen LogP contribution in [-0.2, 0) is 4.74 Å². The predicted octanol–water partition coefficient (Wildman–Crippen LogP) is 0.920. The quantitative estimate of drug-likeness (QED) is 0.685. The minimum atomic E-state index is -0.125. The molecule has 0 bridgehead atoms. The van der Waals surface area contributed by atoms with E-state index in [9.17, 15) is 0 Å². The van der Waals surface area contributed by atoms with Crippen LogP contribution in [0.3, 0.4) is 0 Å². The number of benzene rings is 1. The fourth-order valence-corrected chi connectivity index (χ4v) is 0.385. The van der Waals surface area contributed by atoms with Crippen LogP contribution in [0.25, 0.3) is 0 Å². The Kier molecular flexibility index (Phi) is 19.4. The lowest BCUT2D eigenvalue weighted by Gasteiger charge is -1.70. The molecule has 0 amide bonds. The fourth-order valence-electron chi connectivity index (χ4n) is 0.385. The van der Waals surface area contributed by atoms with Gasteiger partial charge in [-0.2, -0.15) is 0 Å². The van der Waals surface area contributed by atoms with Crippen LogP contribution < -0.4 is 0 Å². The van der Waals surface area contributed by atoms with Crippen molar-refractivity contribution in [1.29, 1.82) is 0 Å². The maximum absolute atomic E-state index is 7.62. The van der Waals surface area contributed by atoms with E-state index in [1.54, 1.807) is 14.2 Å². The third-order valence-corrected chi connectivity index (χ3v) is 0.767. The molecule has 13 heavy (non-hydrogen) atoms. The molecular formula is C10H18O3. The summed E-state index contributed by atoms with van der Waals surface area (Å²) >= 11 is 0. The van der Waals surface area contributed by atoms with Gasteiger partial charge in [0.1, 0.15) is 0 Å². The smallest absolute Gasteiger partial charge is 0.0662 e. The lowest BCUT2D eigenvalue weighted by molar-refractivity contribution is 0.186. The molecule has 1 rings (SSSR count). The molecule has 0 aliphatic rings. The van der Waals surface area contributed by atoms with Crippen LogP contribution in [0.15, 0.2) is 36.4 Å². The highest BCUT2D eigenvalue weighted by atomic mass is 16.4. The molecule has 0 atom stereocenters. The van der Waals surface area contributed by atoms with Crippen molar-refractivity contribution in [3.8, 4) is 0 Å². The number of rotatable bonds is 1. The number of ether oxygens (including phenoxy) is 1. The third-order valence-electron chi connectivity index (χ3n) is 0.767. The summed E-state index contributed by atoms with van der Waals surface area (Å²) < 4.78 is 4.25. The van der Waals surface area contributed by atoms with Crippen molar-refractivity contribution in [2.45, 2.75) is 0 Å². The molecular weight excluding hydrogens is 168 g/mol. The van der Waals surface area contributed by atoms with Crippen LogP contribution in [0, 0.1) is 0 Å². The van der Waals surface area contributed by atoms with Gasteiger partial charge in [0.25, 0.3) is 0 Å². The first-order chi connectivity index (χ1) is 6.33. The van der Waals surface area contributed by atoms with Gasteiger partial charge in [-0.05, 0) is 0 Å². The van der Waals surface area contributed by atoms with E-state index in [2.05, 4.69) is 4.74 Å². The molecule has 0 spiro atoms. The minimum absolute atomic E-state index is 0.125. The number of hydrogen-bond acceptors (Lipinski definition) is 3. The van der Waals surface area contributed by atoms with Gasteiger partial charge < -0.3 is 14.9 Å². The molecule has 0 radical (unpaired) electrons. The van der Waals surface area contributed by atoms with Crippen molar-refractivity contribution in [2.75, 3.05) is 27.4 Å². The van der Waals surface area contributed by atoms with Gasteiger partial charge in [-0.3, -0.25) is 0 Å². The first-order valence-corrected chi connectivity index (χ1v) is 3.95. The van der Waals surface area contributed by atoms with Crippen LogP contribution in [0.4, 0.5) is 0 Å². The second kappa shape index (κ2) is 17.3. The molecule has 0 aliphatic heterocycles. The lowest BCUT2D eigenvalue weighted by Crippen LogP contribution is -1.85. The third kappa shape index (κ3) is 24.7. The van der Waals surface area contributed by atoms with Crippen LogP contribution in [0.1, 0.15) is 0 Å². The first-order valence-electron chi connectivity index (χ1n) is 3.95. The Morgan fingerprint density at radius 3 is 1.00 bits per heavy atom. The second-order valence-corrected chi connectivity index (χ2v) is 2.01. The lowest BCUT2D eigenvalue weighted by atomic mass is 10.4. The zero-order chi connectivity index (χ0) is 10.4. The van der Waals surface area contributed by atoms with Gasteiger partial charge in [-0.1, -0.05) is 36.4 Å². The van der Waals surface area contributed by atoms with Gasteiger partial charge >= 0.3 is 0 Å². The zero-order valence-corrected chi connectivity index (χ0v) is 8.18. The maximum Gasteiger partial charge on any atom is 0.0662 e. The van der Waals surface area contributed by atoms with Gasteiger partial charge in [-0.25, -0.2) is 0 Å². The van der Waals surface area contributed by atoms with Crippen LogP contribution in [0.5, 0.6) is 0 Å². The van der Waals surface area contributed by atoms with Crippen molar-refractivity contribution >= 4 is 0 Å². The van der Waals surface area contributed by atoms with Crippen molar-refractivity contribution in [3.63, 3.8) is 0 Å². The van der Waals surface area contributed by atoms with E-state index in [0.29, 0.717) is 0 Å². The summed E-state index contributed by atoms with van der Waals surface area (Å²) in [5.41, 5.74) is 0. The minimum Gasteiger partial charge on any atom is -0.394 e. The predicted molar refractivity (Wildman–Crippen MR) is 53.5 cm³/mol. The Labute approximate surface area is 79.6 Å². The Hall–Kier alpha value is -0.900. The fraction of sp³-hybridized carbons (Fsp3) is 0.400. The highest BCUT2D eigenvalue weighted by Crippen LogP contribution is 1.79. The summed E-state index contributed by atoms with van der Waals surface area (Å²) in [5.74, 6) is 0. The number of hydrogen-bond donors (Lipinski definition) is 2. The van der Waals surface area contributed by atoms with Crippen molar-refractivity contribution in [1.82, 2.24) is 0 Å². The highest BCUT2D eigenvalue weighted by molar-refractivity contribution is 4.99. The molecule has 0 saturated heterocycles. The van der Waals surface area contributed by atoms with Crippen molar-refractivity contribution < 1.29 is 14.9 Å². The van der Waals surface area contributed by atoms with Gasteiger partial charge in [0.15, 0.2) is 0 Å². The summed E-state index contributed by atoms with van der Waals surface area (Å²) in [6.07, 6.45) is 0. The Morgan fingerprint density at radius 1 is 0.769 bits per heavy atom. The monoisotopic (exact) mass is 186 g/mol.